The van der Waals surface area contributed by atoms with Gasteiger partial charge < -0.3 is 15.8 Å². The van der Waals surface area contributed by atoms with Crippen LogP contribution in [0.1, 0.15) is 31.2 Å². The van der Waals surface area contributed by atoms with Crippen LogP contribution in [0.3, 0.4) is 0 Å². The molecule has 1 aliphatic rings. The highest BCUT2D eigenvalue weighted by Crippen LogP contribution is 2.41. The monoisotopic (exact) mass is 323 g/mol. The molecule has 0 heterocycles. The van der Waals surface area contributed by atoms with Crippen molar-refractivity contribution in [1.29, 1.82) is 0 Å². The van der Waals surface area contributed by atoms with Crippen LogP contribution in [0, 0.1) is 0 Å². The largest absolute Gasteiger partial charge is 0.495 e. The fourth-order valence-corrected chi connectivity index (χ4v) is 3.54. The summed E-state index contributed by atoms with van der Waals surface area (Å²) >= 11 is 0. The number of nitrogens with zero attached hydrogens (tertiary/aromatic N) is 1. The molecule has 0 saturated heterocycles. The molecule has 1 aliphatic carbocycles. The van der Waals surface area contributed by atoms with E-state index in [-0.39, 0.29) is 5.41 Å². The molecule has 2 aromatic carbocycles. The molecule has 3 rings (SSSR count). The lowest BCUT2D eigenvalue weighted by molar-refractivity contribution is 0.417. The highest BCUT2D eigenvalue weighted by atomic mass is 16.5. The van der Waals surface area contributed by atoms with Crippen molar-refractivity contribution < 1.29 is 4.74 Å². The lowest BCUT2D eigenvalue weighted by atomic mass is 9.79. The van der Waals surface area contributed by atoms with E-state index in [0.29, 0.717) is 12.5 Å². The van der Waals surface area contributed by atoms with Crippen LogP contribution >= 0.6 is 0 Å². The summed E-state index contributed by atoms with van der Waals surface area (Å²) in [5.41, 5.74) is 8.45. The first-order valence-corrected chi connectivity index (χ1v) is 8.49. The Labute approximate surface area is 143 Å². The number of nitrogens with one attached hydrogen (secondary N) is 1. The summed E-state index contributed by atoms with van der Waals surface area (Å²) in [4.78, 5) is 4.65. The minimum Gasteiger partial charge on any atom is -0.495 e. The minimum absolute atomic E-state index is 0.119. The lowest BCUT2D eigenvalue weighted by Gasteiger charge is -2.28. The van der Waals surface area contributed by atoms with Crippen molar-refractivity contribution in [2.75, 3.05) is 19.0 Å². The van der Waals surface area contributed by atoms with Crippen LogP contribution < -0.4 is 15.8 Å². The van der Waals surface area contributed by atoms with Gasteiger partial charge in [-0.1, -0.05) is 55.3 Å². The van der Waals surface area contributed by atoms with E-state index in [1.165, 1.54) is 31.2 Å². The number of nitrogens with two attached hydrogens (primary N) is 1. The van der Waals surface area contributed by atoms with E-state index in [9.17, 15) is 0 Å². The number of methoxy groups -OCH3 is 1. The van der Waals surface area contributed by atoms with Crippen LogP contribution in [0.15, 0.2) is 59.6 Å². The fraction of sp³-hybridized carbons (Fsp3) is 0.350. The maximum absolute atomic E-state index is 6.13. The van der Waals surface area contributed by atoms with E-state index in [1.807, 2.05) is 24.3 Å². The van der Waals surface area contributed by atoms with Crippen molar-refractivity contribution in [1.82, 2.24) is 0 Å². The van der Waals surface area contributed by atoms with Crippen LogP contribution in [-0.4, -0.2) is 19.6 Å². The number of anilines is 1. The highest BCUT2D eigenvalue weighted by Gasteiger charge is 2.35. The number of para-hydroxylation sites is 2. The summed E-state index contributed by atoms with van der Waals surface area (Å²) < 4.78 is 5.34. The van der Waals surface area contributed by atoms with Crippen LogP contribution in [0.5, 0.6) is 5.75 Å². The Balaban J connectivity index is 1.75. The molecular weight excluding hydrogens is 298 g/mol. The molecule has 1 fully saturated rings. The molecule has 24 heavy (non-hydrogen) atoms. The van der Waals surface area contributed by atoms with Crippen LogP contribution in [0.2, 0.25) is 0 Å². The van der Waals surface area contributed by atoms with E-state index in [4.69, 9.17) is 10.5 Å². The molecular formula is C20H25N3O. The number of benzene rings is 2. The molecule has 0 unspecified atom stereocenters. The summed E-state index contributed by atoms with van der Waals surface area (Å²) in [6.07, 6.45) is 4.85. The third-order valence-electron chi connectivity index (χ3n) is 4.87. The number of ether oxygens (including phenoxy) is 1. The maximum atomic E-state index is 6.13. The number of rotatable bonds is 5. The molecule has 0 aliphatic heterocycles. The SMILES string of the molecule is COc1ccccc1NC(N)=NCC1(c2ccccc2)CCCC1. The standard InChI is InChI=1S/C20H25N3O/c1-24-18-12-6-5-11-17(18)23-19(21)22-15-20(13-7-8-14-20)16-9-3-2-4-10-16/h2-6,9-12H,7-8,13-15H2,1H3,(H3,21,22,23). The summed E-state index contributed by atoms with van der Waals surface area (Å²) in [6.45, 7) is 0.713. The Bertz CT molecular complexity index is 691. The first kappa shape index (κ1) is 16.4. The van der Waals surface area contributed by atoms with E-state index in [0.717, 1.165) is 11.4 Å². The van der Waals surface area contributed by atoms with E-state index in [1.54, 1.807) is 7.11 Å². The van der Waals surface area contributed by atoms with Crippen LogP contribution in [-0.2, 0) is 5.41 Å². The van der Waals surface area contributed by atoms with E-state index in [2.05, 4.69) is 40.6 Å². The van der Waals surface area contributed by atoms with Gasteiger partial charge in [-0.25, -0.2) is 0 Å². The lowest BCUT2D eigenvalue weighted by Crippen LogP contribution is -2.30. The van der Waals surface area contributed by atoms with Crippen molar-refractivity contribution in [3.63, 3.8) is 0 Å². The van der Waals surface area contributed by atoms with Gasteiger partial charge >= 0.3 is 0 Å². The second-order valence-corrected chi connectivity index (χ2v) is 6.38. The average Bonchev–Trinajstić information content (AvgIpc) is 3.11. The van der Waals surface area contributed by atoms with Gasteiger partial charge in [0.05, 0.1) is 19.3 Å². The van der Waals surface area contributed by atoms with Gasteiger partial charge in [-0.3, -0.25) is 4.99 Å². The molecule has 2 aromatic rings. The zero-order valence-corrected chi connectivity index (χ0v) is 14.2. The van der Waals surface area contributed by atoms with Gasteiger partial charge in [0.1, 0.15) is 5.75 Å². The van der Waals surface area contributed by atoms with Crippen molar-refractivity contribution in [3.8, 4) is 5.75 Å². The fourth-order valence-electron chi connectivity index (χ4n) is 3.54. The molecule has 0 spiro atoms. The van der Waals surface area contributed by atoms with E-state index >= 15 is 0 Å². The molecule has 0 amide bonds. The topological polar surface area (TPSA) is 59.6 Å². The summed E-state index contributed by atoms with van der Waals surface area (Å²) in [5.74, 6) is 1.19. The highest BCUT2D eigenvalue weighted by molar-refractivity contribution is 5.93. The van der Waals surface area contributed by atoms with Crippen molar-refractivity contribution in [3.05, 3.63) is 60.2 Å². The molecule has 0 radical (unpaired) electrons. The smallest absolute Gasteiger partial charge is 0.193 e. The van der Waals surface area contributed by atoms with Gasteiger partial charge in [-0.2, -0.15) is 0 Å². The minimum atomic E-state index is 0.119. The van der Waals surface area contributed by atoms with Gasteiger partial charge in [-0.15, -0.1) is 0 Å². The molecule has 0 bridgehead atoms. The second-order valence-electron chi connectivity index (χ2n) is 6.38. The molecule has 0 aromatic heterocycles. The Morgan fingerprint density at radius 1 is 1.08 bits per heavy atom. The molecule has 3 N–H and O–H groups in total. The molecule has 1 saturated carbocycles. The summed E-state index contributed by atoms with van der Waals surface area (Å²) in [5, 5.41) is 3.16. The first-order valence-electron chi connectivity index (χ1n) is 8.49. The predicted molar refractivity (Wildman–Crippen MR) is 99.7 cm³/mol. The molecule has 0 atom stereocenters. The summed E-state index contributed by atoms with van der Waals surface area (Å²) in [6, 6.07) is 18.4. The van der Waals surface area contributed by atoms with Gasteiger partial charge in [0.2, 0.25) is 0 Å². The van der Waals surface area contributed by atoms with E-state index < -0.39 is 0 Å². The summed E-state index contributed by atoms with van der Waals surface area (Å²) in [7, 11) is 1.65. The third kappa shape index (κ3) is 3.53. The zero-order valence-electron chi connectivity index (χ0n) is 14.2. The Hall–Kier alpha value is -2.49. The third-order valence-corrected chi connectivity index (χ3v) is 4.87. The van der Waals surface area contributed by atoms with Crippen LogP contribution in [0.25, 0.3) is 0 Å². The second kappa shape index (κ2) is 7.39. The zero-order chi connectivity index (χ0) is 16.8. The average molecular weight is 323 g/mol. The number of aliphatic imine (C=N–C) groups is 1. The number of guanidine groups is 1. The maximum Gasteiger partial charge on any atom is 0.193 e. The Morgan fingerprint density at radius 3 is 2.46 bits per heavy atom. The first-order chi connectivity index (χ1) is 11.7. The number of hydrogen-bond donors (Lipinski definition) is 2. The van der Waals surface area contributed by atoms with Gasteiger partial charge in [0.25, 0.3) is 0 Å². The molecule has 4 nitrogen and oxygen atoms in total. The normalized spacial score (nSPS) is 16.8. The van der Waals surface area contributed by atoms with Crippen molar-refractivity contribution in [2.45, 2.75) is 31.1 Å². The quantitative estimate of drug-likeness (QED) is 0.647. The van der Waals surface area contributed by atoms with Gasteiger partial charge in [-0.05, 0) is 30.5 Å². The molecule has 126 valence electrons. The van der Waals surface area contributed by atoms with Crippen LogP contribution in [0.4, 0.5) is 5.69 Å². The predicted octanol–water partition coefficient (Wildman–Crippen LogP) is 3.93. The Morgan fingerprint density at radius 2 is 1.75 bits per heavy atom. The van der Waals surface area contributed by atoms with Gasteiger partial charge in [0.15, 0.2) is 5.96 Å². The van der Waals surface area contributed by atoms with Crippen molar-refractivity contribution in [2.24, 2.45) is 10.7 Å². The number of hydrogen-bond acceptors (Lipinski definition) is 2. The Kier molecular flexibility index (Phi) is 5.04. The molecule has 4 heteroatoms. The van der Waals surface area contributed by atoms with Gasteiger partial charge in [0, 0.05) is 5.41 Å². The van der Waals surface area contributed by atoms with Crippen molar-refractivity contribution >= 4 is 11.6 Å².